The molecule has 0 aromatic heterocycles. The average molecular weight is 491 g/mol. The molecule has 4 rings (SSSR count). The Kier molecular flexibility index (Phi) is 6.64. The third kappa shape index (κ3) is 4.78. The molecule has 1 atom stereocenters. The van der Waals surface area contributed by atoms with Gasteiger partial charge in [0.15, 0.2) is 9.84 Å². The summed E-state index contributed by atoms with van der Waals surface area (Å²) in [5.74, 6) is -0.998. The van der Waals surface area contributed by atoms with Crippen molar-refractivity contribution in [2.24, 2.45) is 0 Å². The fourth-order valence-corrected chi connectivity index (χ4v) is 5.19. The molecule has 182 valence electrons. The van der Waals surface area contributed by atoms with Crippen LogP contribution in [0.5, 0.6) is 0 Å². The molecule has 2 aromatic rings. The molecule has 0 saturated carbocycles. The first-order valence-corrected chi connectivity index (χ1v) is 12.9. The molecule has 1 saturated heterocycles. The summed E-state index contributed by atoms with van der Waals surface area (Å²) in [4.78, 5) is 28.3. The SMILES string of the molecule is CC(=O)N1c2ccc(-c3ccc(F)c(S(C)(=O)=O)c3)cc2N(C(=O)OC2CCOCC2)C[C@@H]1C. The summed E-state index contributed by atoms with van der Waals surface area (Å²) in [6.07, 6.45) is 1.42. The minimum Gasteiger partial charge on any atom is -0.446 e. The van der Waals surface area contributed by atoms with Crippen LogP contribution < -0.4 is 9.80 Å². The average Bonchev–Trinajstić information content (AvgIpc) is 2.78. The highest BCUT2D eigenvalue weighted by Gasteiger charge is 2.35. The van der Waals surface area contributed by atoms with Crippen LogP contribution in [0.1, 0.15) is 26.7 Å². The maximum absolute atomic E-state index is 14.1. The van der Waals surface area contributed by atoms with E-state index >= 15 is 0 Å². The predicted molar refractivity (Wildman–Crippen MR) is 125 cm³/mol. The second kappa shape index (κ2) is 9.34. The van der Waals surface area contributed by atoms with Crippen LogP contribution in [-0.4, -0.2) is 58.6 Å². The van der Waals surface area contributed by atoms with Gasteiger partial charge in [0.2, 0.25) is 5.91 Å². The quantitative estimate of drug-likeness (QED) is 0.650. The van der Waals surface area contributed by atoms with Crippen molar-refractivity contribution in [2.75, 3.05) is 35.8 Å². The van der Waals surface area contributed by atoms with Crippen molar-refractivity contribution in [3.63, 3.8) is 0 Å². The van der Waals surface area contributed by atoms with Crippen LogP contribution in [0.4, 0.5) is 20.6 Å². The van der Waals surface area contributed by atoms with Gasteiger partial charge >= 0.3 is 6.09 Å². The Morgan fingerprint density at radius 3 is 2.35 bits per heavy atom. The molecule has 0 radical (unpaired) electrons. The number of benzene rings is 2. The Morgan fingerprint density at radius 2 is 1.71 bits per heavy atom. The van der Waals surface area contributed by atoms with E-state index < -0.39 is 26.6 Å². The minimum atomic E-state index is -3.77. The van der Waals surface area contributed by atoms with Gasteiger partial charge < -0.3 is 14.4 Å². The highest BCUT2D eigenvalue weighted by Crippen LogP contribution is 2.40. The number of amides is 2. The predicted octanol–water partition coefficient (Wildman–Crippen LogP) is 3.77. The van der Waals surface area contributed by atoms with E-state index in [0.29, 0.717) is 48.6 Å². The number of carbonyl (C=O) groups is 2. The minimum absolute atomic E-state index is 0.167. The molecular weight excluding hydrogens is 463 g/mol. The first kappa shape index (κ1) is 24.2. The zero-order valence-corrected chi connectivity index (χ0v) is 20.1. The number of hydrogen-bond donors (Lipinski definition) is 0. The van der Waals surface area contributed by atoms with Crippen molar-refractivity contribution in [1.29, 1.82) is 0 Å². The number of sulfone groups is 1. The molecule has 2 aromatic carbocycles. The van der Waals surface area contributed by atoms with E-state index in [1.165, 1.54) is 24.0 Å². The first-order chi connectivity index (χ1) is 16.1. The molecule has 0 spiro atoms. The topological polar surface area (TPSA) is 93.2 Å². The van der Waals surface area contributed by atoms with Gasteiger partial charge in [-0.05, 0) is 42.3 Å². The molecule has 0 unspecified atom stereocenters. The molecule has 0 bridgehead atoms. The highest BCUT2D eigenvalue weighted by molar-refractivity contribution is 7.90. The Morgan fingerprint density at radius 1 is 1.06 bits per heavy atom. The van der Waals surface area contributed by atoms with Crippen molar-refractivity contribution < 1.29 is 31.9 Å². The van der Waals surface area contributed by atoms with E-state index in [0.717, 1.165) is 12.3 Å². The molecule has 2 heterocycles. The number of carbonyl (C=O) groups excluding carboxylic acids is 2. The van der Waals surface area contributed by atoms with Gasteiger partial charge in [-0.1, -0.05) is 12.1 Å². The third-order valence-corrected chi connectivity index (χ3v) is 7.18. The first-order valence-electron chi connectivity index (χ1n) is 11.1. The highest BCUT2D eigenvalue weighted by atomic mass is 32.2. The van der Waals surface area contributed by atoms with Gasteiger partial charge in [-0.15, -0.1) is 0 Å². The maximum Gasteiger partial charge on any atom is 0.414 e. The van der Waals surface area contributed by atoms with Crippen LogP contribution in [0.2, 0.25) is 0 Å². The largest absolute Gasteiger partial charge is 0.446 e. The number of ether oxygens (including phenoxy) is 2. The molecule has 2 aliphatic heterocycles. The van der Waals surface area contributed by atoms with Gasteiger partial charge in [0.25, 0.3) is 0 Å². The lowest BCUT2D eigenvalue weighted by Gasteiger charge is -2.41. The van der Waals surface area contributed by atoms with E-state index in [4.69, 9.17) is 9.47 Å². The van der Waals surface area contributed by atoms with Crippen molar-refractivity contribution in [3.8, 4) is 11.1 Å². The molecular formula is C24H27FN2O6S. The standard InChI is InChI=1S/C24H27FN2O6S/c1-15-14-26(24(29)33-19-8-10-32-11-9-19)22-12-17(5-7-21(22)27(15)16(2)28)18-4-6-20(25)23(13-18)34(3,30)31/h4-7,12-13,15,19H,8-11,14H2,1-3H3/t15-/m0/s1. The summed E-state index contributed by atoms with van der Waals surface area (Å²) >= 11 is 0. The van der Waals surface area contributed by atoms with Gasteiger partial charge in [0.05, 0.1) is 30.6 Å². The van der Waals surface area contributed by atoms with E-state index in [1.807, 2.05) is 6.92 Å². The molecule has 2 aliphatic rings. The summed E-state index contributed by atoms with van der Waals surface area (Å²) in [6.45, 7) is 4.60. The zero-order chi connectivity index (χ0) is 24.6. The number of fused-ring (bicyclic) bond motifs is 1. The van der Waals surface area contributed by atoms with Crippen molar-refractivity contribution >= 4 is 33.2 Å². The van der Waals surface area contributed by atoms with Gasteiger partial charge in [-0.3, -0.25) is 9.69 Å². The second-order valence-corrected chi connectivity index (χ2v) is 10.6. The van der Waals surface area contributed by atoms with Crippen LogP contribution in [0.3, 0.4) is 0 Å². The Balaban J connectivity index is 1.76. The molecule has 2 amide bonds. The number of rotatable bonds is 3. The van der Waals surface area contributed by atoms with Crippen LogP contribution in [-0.2, 0) is 24.1 Å². The molecule has 0 N–H and O–H groups in total. The van der Waals surface area contributed by atoms with Crippen LogP contribution in [0.15, 0.2) is 41.3 Å². The number of halogens is 1. The monoisotopic (exact) mass is 490 g/mol. The zero-order valence-electron chi connectivity index (χ0n) is 19.3. The lowest BCUT2D eigenvalue weighted by molar-refractivity contribution is -0.117. The van der Waals surface area contributed by atoms with Crippen molar-refractivity contribution in [2.45, 2.75) is 43.7 Å². The molecule has 0 aliphatic carbocycles. The summed E-state index contributed by atoms with van der Waals surface area (Å²) < 4.78 is 49.2. The summed E-state index contributed by atoms with van der Waals surface area (Å²) in [6, 6.07) is 8.69. The van der Waals surface area contributed by atoms with Crippen LogP contribution >= 0.6 is 0 Å². The van der Waals surface area contributed by atoms with E-state index in [1.54, 1.807) is 23.1 Å². The maximum atomic E-state index is 14.1. The summed E-state index contributed by atoms with van der Waals surface area (Å²) in [5, 5.41) is 0. The van der Waals surface area contributed by atoms with Crippen molar-refractivity contribution in [3.05, 3.63) is 42.2 Å². The fourth-order valence-electron chi connectivity index (χ4n) is 4.42. The van der Waals surface area contributed by atoms with Gasteiger partial charge in [0, 0.05) is 32.6 Å². The molecule has 1 fully saturated rings. The Bertz CT molecular complexity index is 1230. The number of nitrogens with zero attached hydrogens (tertiary/aromatic N) is 2. The fraction of sp³-hybridized carbons (Fsp3) is 0.417. The van der Waals surface area contributed by atoms with Crippen molar-refractivity contribution in [1.82, 2.24) is 0 Å². The van der Waals surface area contributed by atoms with E-state index in [9.17, 15) is 22.4 Å². The van der Waals surface area contributed by atoms with E-state index in [-0.39, 0.29) is 24.6 Å². The van der Waals surface area contributed by atoms with E-state index in [2.05, 4.69) is 0 Å². The molecule has 8 nitrogen and oxygen atoms in total. The number of anilines is 2. The summed E-state index contributed by atoms with van der Waals surface area (Å²) in [7, 11) is -3.77. The third-order valence-electron chi connectivity index (χ3n) is 6.07. The lowest BCUT2D eigenvalue weighted by Crippen LogP contribution is -2.52. The van der Waals surface area contributed by atoms with Gasteiger partial charge in [-0.2, -0.15) is 0 Å². The Labute approximate surface area is 198 Å². The summed E-state index contributed by atoms with van der Waals surface area (Å²) in [5.41, 5.74) is 2.05. The second-order valence-electron chi connectivity index (χ2n) is 8.66. The number of hydrogen-bond acceptors (Lipinski definition) is 6. The van der Waals surface area contributed by atoms with Crippen LogP contribution in [0, 0.1) is 5.82 Å². The van der Waals surface area contributed by atoms with Gasteiger partial charge in [-0.25, -0.2) is 17.6 Å². The normalized spacial score (nSPS) is 19.0. The Hall–Kier alpha value is -2.98. The van der Waals surface area contributed by atoms with Gasteiger partial charge in [0.1, 0.15) is 16.8 Å². The lowest BCUT2D eigenvalue weighted by atomic mass is 10.0. The van der Waals surface area contributed by atoms with Crippen LogP contribution in [0.25, 0.3) is 11.1 Å². The molecule has 10 heteroatoms. The molecule has 34 heavy (non-hydrogen) atoms. The smallest absolute Gasteiger partial charge is 0.414 e.